The van der Waals surface area contributed by atoms with E-state index in [1.54, 1.807) is 10.8 Å². The summed E-state index contributed by atoms with van der Waals surface area (Å²) in [5, 5.41) is 12.6. The highest BCUT2D eigenvalue weighted by atomic mass is 16.6. The van der Waals surface area contributed by atoms with Gasteiger partial charge >= 0.3 is 0 Å². The number of carbonyl (C=O) groups is 1. The number of H-pyrrole nitrogens is 1. The highest BCUT2D eigenvalue weighted by Gasteiger charge is 2.20. The van der Waals surface area contributed by atoms with Crippen LogP contribution in [0.3, 0.4) is 0 Å². The molecule has 4 N–H and O–H groups in total. The van der Waals surface area contributed by atoms with Crippen LogP contribution in [0.1, 0.15) is 11.3 Å². The summed E-state index contributed by atoms with van der Waals surface area (Å²) in [5.74, 6) is 0.171. The van der Waals surface area contributed by atoms with Crippen LogP contribution >= 0.6 is 0 Å². The van der Waals surface area contributed by atoms with E-state index in [2.05, 4.69) is 30.8 Å². The lowest BCUT2D eigenvalue weighted by atomic mass is 10.1. The number of rotatable bonds is 5. The number of nitrogens with one attached hydrogen (secondary N) is 2. The summed E-state index contributed by atoms with van der Waals surface area (Å²) in [6.45, 7) is 1.93. The lowest BCUT2D eigenvalue weighted by Gasteiger charge is -2.06. The standard InChI is InChI=1S/C21H18N8O2/c1-12-14(13-6-2-3-7-15(13)24-12)10-23-26-18(30)11-29-17-9-5-4-8-16(17)25-21(29)19-20(22)28-31-27-19/h2-10,24H,11H2,1H3,(H2,22,28)(H,26,30)/b23-10+. The van der Waals surface area contributed by atoms with Crippen LogP contribution in [-0.4, -0.2) is 37.0 Å². The minimum atomic E-state index is -0.326. The molecule has 0 saturated heterocycles. The lowest BCUT2D eigenvalue weighted by Crippen LogP contribution is -2.23. The van der Waals surface area contributed by atoms with Crippen molar-refractivity contribution in [3.05, 3.63) is 59.8 Å². The van der Waals surface area contributed by atoms with Gasteiger partial charge in [-0.3, -0.25) is 4.79 Å². The van der Waals surface area contributed by atoms with Crippen molar-refractivity contribution in [1.29, 1.82) is 0 Å². The number of aromatic amines is 1. The predicted octanol–water partition coefficient (Wildman–Crippen LogP) is 2.61. The maximum Gasteiger partial charge on any atom is 0.260 e. The van der Waals surface area contributed by atoms with E-state index in [9.17, 15) is 4.79 Å². The average Bonchev–Trinajstić information content (AvgIpc) is 3.44. The number of carbonyl (C=O) groups excluding carboxylic acids is 1. The van der Waals surface area contributed by atoms with Crippen LogP contribution in [0.5, 0.6) is 0 Å². The summed E-state index contributed by atoms with van der Waals surface area (Å²) in [6, 6.07) is 15.4. The molecule has 3 aromatic heterocycles. The molecule has 10 heteroatoms. The third-order valence-corrected chi connectivity index (χ3v) is 5.01. The Morgan fingerprint density at radius 2 is 2.03 bits per heavy atom. The monoisotopic (exact) mass is 414 g/mol. The summed E-state index contributed by atoms with van der Waals surface area (Å²) < 4.78 is 6.40. The molecule has 0 unspecified atom stereocenters. The molecular weight excluding hydrogens is 396 g/mol. The third kappa shape index (κ3) is 3.29. The van der Waals surface area contributed by atoms with Crippen LogP contribution in [0.25, 0.3) is 33.5 Å². The average molecular weight is 414 g/mol. The highest BCUT2D eigenvalue weighted by Crippen LogP contribution is 2.26. The van der Waals surface area contributed by atoms with Crippen LogP contribution in [0, 0.1) is 6.92 Å². The smallest absolute Gasteiger partial charge is 0.260 e. The van der Waals surface area contributed by atoms with Crippen molar-refractivity contribution in [3.8, 4) is 11.5 Å². The molecule has 154 valence electrons. The normalized spacial score (nSPS) is 11.6. The second-order valence-electron chi connectivity index (χ2n) is 7.01. The molecule has 0 saturated carbocycles. The van der Waals surface area contributed by atoms with Gasteiger partial charge in [-0.1, -0.05) is 30.3 Å². The lowest BCUT2D eigenvalue weighted by molar-refractivity contribution is -0.121. The molecule has 0 aliphatic heterocycles. The fraction of sp³-hybridized carbons (Fsp3) is 0.0952. The summed E-state index contributed by atoms with van der Waals surface area (Å²) >= 11 is 0. The molecule has 3 heterocycles. The van der Waals surface area contributed by atoms with E-state index in [1.807, 2.05) is 55.5 Å². The number of hydrogen-bond acceptors (Lipinski definition) is 7. The van der Waals surface area contributed by atoms with Gasteiger partial charge in [-0.25, -0.2) is 15.0 Å². The third-order valence-electron chi connectivity index (χ3n) is 5.01. The van der Waals surface area contributed by atoms with Crippen molar-refractivity contribution in [3.63, 3.8) is 0 Å². The van der Waals surface area contributed by atoms with Crippen molar-refractivity contribution >= 4 is 39.9 Å². The van der Waals surface area contributed by atoms with Crippen molar-refractivity contribution in [2.24, 2.45) is 5.10 Å². The van der Waals surface area contributed by atoms with Crippen molar-refractivity contribution in [2.75, 3.05) is 5.73 Å². The number of nitrogen functional groups attached to an aromatic ring is 1. The molecule has 31 heavy (non-hydrogen) atoms. The molecule has 5 aromatic rings. The molecule has 0 aliphatic carbocycles. The Morgan fingerprint density at radius 1 is 1.23 bits per heavy atom. The second kappa shape index (κ2) is 7.41. The number of para-hydroxylation sites is 3. The van der Waals surface area contributed by atoms with Gasteiger partial charge in [-0.05, 0) is 35.4 Å². The molecule has 0 bridgehead atoms. The van der Waals surface area contributed by atoms with Gasteiger partial charge in [0.25, 0.3) is 5.91 Å². The number of aryl methyl sites for hydroxylation is 1. The summed E-state index contributed by atoms with van der Waals surface area (Å²) in [7, 11) is 0. The zero-order valence-corrected chi connectivity index (χ0v) is 16.5. The van der Waals surface area contributed by atoms with Crippen LogP contribution < -0.4 is 11.2 Å². The summed E-state index contributed by atoms with van der Waals surface area (Å²) in [5.41, 5.74) is 13.1. The van der Waals surface area contributed by atoms with E-state index in [-0.39, 0.29) is 24.0 Å². The minimum Gasteiger partial charge on any atom is -0.379 e. The van der Waals surface area contributed by atoms with E-state index in [4.69, 9.17) is 10.4 Å². The number of amides is 1. The van der Waals surface area contributed by atoms with E-state index >= 15 is 0 Å². The molecule has 0 fully saturated rings. The molecule has 0 aliphatic rings. The Labute approximate surface area is 175 Å². The Hall–Kier alpha value is -4.47. The molecule has 0 atom stereocenters. The molecule has 1 amide bonds. The summed E-state index contributed by atoms with van der Waals surface area (Å²) in [4.78, 5) is 20.5. The van der Waals surface area contributed by atoms with Gasteiger partial charge in [-0.2, -0.15) is 5.10 Å². The van der Waals surface area contributed by atoms with Crippen molar-refractivity contribution in [1.82, 2.24) is 30.3 Å². The highest BCUT2D eigenvalue weighted by molar-refractivity contribution is 6.00. The molecular formula is C21H18N8O2. The zero-order valence-electron chi connectivity index (χ0n) is 16.5. The quantitative estimate of drug-likeness (QED) is 0.298. The van der Waals surface area contributed by atoms with Crippen molar-refractivity contribution < 1.29 is 9.42 Å². The Balaban J connectivity index is 1.41. The number of aromatic nitrogens is 5. The summed E-state index contributed by atoms with van der Waals surface area (Å²) in [6.07, 6.45) is 1.64. The molecule has 5 rings (SSSR count). The van der Waals surface area contributed by atoms with Gasteiger partial charge in [0.1, 0.15) is 6.54 Å². The van der Waals surface area contributed by atoms with Gasteiger partial charge in [0, 0.05) is 22.2 Å². The first-order chi connectivity index (χ1) is 15.1. The van der Waals surface area contributed by atoms with Crippen LogP contribution in [0.2, 0.25) is 0 Å². The largest absolute Gasteiger partial charge is 0.379 e. The van der Waals surface area contributed by atoms with Gasteiger partial charge in [0.15, 0.2) is 17.3 Å². The molecule has 0 radical (unpaired) electrons. The van der Waals surface area contributed by atoms with E-state index < -0.39 is 0 Å². The van der Waals surface area contributed by atoms with E-state index in [1.165, 1.54) is 0 Å². The van der Waals surface area contributed by atoms with Gasteiger partial charge < -0.3 is 15.3 Å². The Kier molecular flexibility index (Phi) is 4.43. The fourth-order valence-electron chi connectivity index (χ4n) is 3.58. The number of anilines is 1. The second-order valence-corrected chi connectivity index (χ2v) is 7.01. The number of nitrogens with zero attached hydrogens (tertiary/aromatic N) is 5. The maximum absolute atomic E-state index is 12.7. The number of nitrogens with two attached hydrogens (primary N) is 1. The maximum atomic E-state index is 12.7. The van der Waals surface area contributed by atoms with Gasteiger partial charge in [0.05, 0.1) is 17.2 Å². The Bertz CT molecular complexity index is 1440. The van der Waals surface area contributed by atoms with E-state index in [0.29, 0.717) is 11.3 Å². The first kappa shape index (κ1) is 18.6. The SMILES string of the molecule is Cc1[nH]c2ccccc2c1/C=N/NC(=O)Cn1c(-c2nonc2N)nc2ccccc21. The number of fused-ring (bicyclic) bond motifs is 2. The minimum absolute atomic E-state index is 0.0354. The first-order valence-electron chi connectivity index (χ1n) is 9.54. The molecule has 2 aromatic carbocycles. The van der Waals surface area contributed by atoms with E-state index in [0.717, 1.165) is 27.7 Å². The Morgan fingerprint density at radius 3 is 2.87 bits per heavy atom. The van der Waals surface area contributed by atoms with Gasteiger partial charge in [0.2, 0.25) is 0 Å². The number of imidazole rings is 1. The first-order valence-corrected chi connectivity index (χ1v) is 9.54. The number of hydrogen-bond donors (Lipinski definition) is 3. The topological polar surface area (TPSA) is 140 Å². The zero-order chi connectivity index (χ0) is 21.4. The molecule has 10 nitrogen and oxygen atoms in total. The number of benzene rings is 2. The van der Waals surface area contributed by atoms with Crippen molar-refractivity contribution in [2.45, 2.75) is 13.5 Å². The van der Waals surface area contributed by atoms with Crippen LogP contribution in [0.15, 0.2) is 58.3 Å². The number of hydrazone groups is 1. The van der Waals surface area contributed by atoms with Crippen LogP contribution in [-0.2, 0) is 11.3 Å². The fourth-order valence-corrected chi connectivity index (χ4v) is 3.58. The predicted molar refractivity (Wildman–Crippen MR) is 116 cm³/mol. The van der Waals surface area contributed by atoms with Crippen LogP contribution in [0.4, 0.5) is 5.82 Å². The van der Waals surface area contributed by atoms with Gasteiger partial charge in [-0.15, -0.1) is 0 Å². The molecule has 0 spiro atoms.